The molecule has 2 aromatic heterocycles. The van der Waals surface area contributed by atoms with E-state index < -0.39 is 0 Å². The minimum Gasteiger partial charge on any atom is -0.235 e. The van der Waals surface area contributed by atoms with E-state index in [0.717, 1.165) is 11.3 Å². The third kappa shape index (κ3) is 1.74. The number of hydrogen-bond acceptors (Lipinski definition) is 2. The highest BCUT2D eigenvalue weighted by Gasteiger charge is 2.11. The van der Waals surface area contributed by atoms with Gasteiger partial charge in [0.1, 0.15) is 0 Å². The van der Waals surface area contributed by atoms with Crippen LogP contribution >= 0.6 is 0 Å². The first-order chi connectivity index (χ1) is 7.09. The summed E-state index contributed by atoms with van der Waals surface area (Å²) in [5.74, 6) is 0.935. The summed E-state index contributed by atoms with van der Waals surface area (Å²) >= 11 is 0. The molecule has 0 aliphatic rings. The maximum atomic E-state index is 4.53. The van der Waals surface area contributed by atoms with E-state index >= 15 is 0 Å². The number of rotatable bonds is 2. The predicted molar refractivity (Wildman–Crippen MR) is 61.2 cm³/mol. The number of aromatic nitrogens is 3. The van der Waals surface area contributed by atoms with Gasteiger partial charge in [0.25, 0.3) is 0 Å². The van der Waals surface area contributed by atoms with Crippen LogP contribution in [0.15, 0.2) is 18.5 Å². The molecule has 80 valence electrons. The highest BCUT2D eigenvalue weighted by atomic mass is 15.2. The van der Waals surface area contributed by atoms with Crippen molar-refractivity contribution in [3.8, 4) is 0 Å². The van der Waals surface area contributed by atoms with Crippen LogP contribution in [0.2, 0.25) is 0 Å². The van der Waals surface area contributed by atoms with Gasteiger partial charge in [-0.1, -0.05) is 27.7 Å². The largest absolute Gasteiger partial charge is 0.235 e. The Morgan fingerprint density at radius 3 is 2.47 bits per heavy atom. The molecular weight excluding hydrogens is 186 g/mol. The van der Waals surface area contributed by atoms with E-state index in [0.29, 0.717) is 11.8 Å². The molecule has 0 saturated heterocycles. The van der Waals surface area contributed by atoms with Crippen molar-refractivity contribution in [2.24, 2.45) is 0 Å². The van der Waals surface area contributed by atoms with E-state index in [4.69, 9.17) is 0 Å². The summed E-state index contributed by atoms with van der Waals surface area (Å²) < 4.78 is 1.88. The van der Waals surface area contributed by atoms with E-state index in [1.807, 2.05) is 10.7 Å². The van der Waals surface area contributed by atoms with E-state index in [-0.39, 0.29) is 0 Å². The molecular formula is C12H17N3. The number of hydrogen-bond donors (Lipinski definition) is 0. The van der Waals surface area contributed by atoms with E-state index in [1.54, 1.807) is 6.20 Å². The highest BCUT2D eigenvalue weighted by Crippen LogP contribution is 2.22. The summed E-state index contributed by atoms with van der Waals surface area (Å²) in [6, 6.07) is 2.18. The average Bonchev–Trinajstić information content (AvgIpc) is 2.62. The number of fused-ring (bicyclic) bond motifs is 1. The van der Waals surface area contributed by atoms with Crippen LogP contribution in [-0.4, -0.2) is 14.6 Å². The van der Waals surface area contributed by atoms with Gasteiger partial charge in [0.15, 0.2) is 5.65 Å². The Morgan fingerprint density at radius 2 is 1.87 bits per heavy atom. The molecule has 3 nitrogen and oxygen atoms in total. The molecule has 15 heavy (non-hydrogen) atoms. The fourth-order valence-electron chi connectivity index (χ4n) is 1.67. The fourth-order valence-corrected chi connectivity index (χ4v) is 1.67. The highest BCUT2D eigenvalue weighted by molar-refractivity contribution is 5.49. The minimum atomic E-state index is 0.453. The zero-order chi connectivity index (χ0) is 11.0. The normalized spacial score (nSPS) is 11.9. The summed E-state index contributed by atoms with van der Waals surface area (Å²) in [5.41, 5.74) is 3.39. The van der Waals surface area contributed by atoms with Crippen molar-refractivity contribution in [2.75, 3.05) is 0 Å². The maximum absolute atomic E-state index is 4.53. The topological polar surface area (TPSA) is 30.2 Å². The Bertz CT molecular complexity index is 469. The molecule has 0 unspecified atom stereocenters. The van der Waals surface area contributed by atoms with Crippen molar-refractivity contribution in [2.45, 2.75) is 39.5 Å². The second-order valence-corrected chi connectivity index (χ2v) is 4.53. The van der Waals surface area contributed by atoms with Crippen LogP contribution < -0.4 is 0 Å². The van der Waals surface area contributed by atoms with Gasteiger partial charge >= 0.3 is 0 Å². The molecule has 0 radical (unpaired) electrons. The van der Waals surface area contributed by atoms with Gasteiger partial charge in [-0.3, -0.25) is 0 Å². The lowest BCUT2D eigenvalue weighted by Gasteiger charge is -2.11. The van der Waals surface area contributed by atoms with E-state index in [2.05, 4.69) is 43.8 Å². The van der Waals surface area contributed by atoms with Crippen molar-refractivity contribution < 1.29 is 0 Å². The third-order valence-corrected chi connectivity index (χ3v) is 2.62. The average molecular weight is 203 g/mol. The summed E-state index contributed by atoms with van der Waals surface area (Å²) in [5, 5.41) is 4.53. The second-order valence-electron chi connectivity index (χ2n) is 4.53. The predicted octanol–water partition coefficient (Wildman–Crippen LogP) is 2.98. The van der Waals surface area contributed by atoms with Crippen LogP contribution in [0.5, 0.6) is 0 Å². The first-order valence-corrected chi connectivity index (χ1v) is 5.43. The third-order valence-electron chi connectivity index (χ3n) is 2.62. The molecule has 3 heteroatoms. The Kier molecular flexibility index (Phi) is 2.47. The molecule has 0 bridgehead atoms. The fraction of sp³-hybridized carbons (Fsp3) is 0.500. The maximum Gasteiger partial charge on any atom is 0.156 e. The standard InChI is InChI=1S/C12H17N3/c1-8(2)10-7-11(9(3)4)14-15-6-5-13-12(10)15/h5-9H,1-4H3. The summed E-state index contributed by atoms with van der Waals surface area (Å²) in [6.07, 6.45) is 3.71. The Morgan fingerprint density at radius 1 is 1.13 bits per heavy atom. The van der Waals surface area contributed by atoms with Gasteiger partial charge in [-0.15, -0.1) is 0 Å². The number of nitrogens with zero attached hydrogens (tertiary/aromatic N) is 3. The molecule has 2 heterocycles. The molecule has 2 aromatic rings. The lowest BCUT2D eigenvalue weighted by atomic mass is 10.0. The van der Waals surface area contributed by atoms with Gasteiger partial charge < -0.3 is 0 Å². The second kappa shape index (κ2) is 3.65. The molecule has 0 fully saturated rings. The van der Waals surface area contributed by atoms with Gasteiger partial charge in [0.05, 0.1) is 5.69 Å². The van der Waals surface area contributed by atoms with Crippen LogP contribution in [0.25, 0.3) is 5.65 Å². The van der Waals surface area contributed by atoms with Crippen LogP contribution in [0.1, 0.15) is 50.8 Å². The van der Waals surface area contributed by atoms with Crippen molar-refractivity contribution in [3.05, 3.63) is 29.7 Å². The zero-order valence-corrected chi connectivity index (χ0v) is 9.73. The van der Waals surface area contributed by atoms with Crippen molar-refractivity contribution in [1.82, 2.24) is 14.6 Å². The van der Waals surface area contributed by atoms with Crippen molar-refractivity contribution in [1.29, 1.82) is 0 Å². The minimum absolute atomic E-state index is 0.453. The number of imidazole rings is 1. The summed E-state index contributed by atoms with van der Waals surface area (Å²) in [6.45, 7) is 8.70. The molecule has 0 amide bonds. The molecule has 0 N–H and O–H groups in total. The van der Waals surface area contributed by atoms with Crippen LogP contribution in [0, 0.1) is 0 Å². The summed E-state index contributed by atoms with van der Waals surface area (Å²) in [7, 11) is 0. The van der Waals surface area contributed by atoms with Crippen LogP contribution in [0.4, 0.5) is 0 Å². The molecule has 0 aliphatic carbocycles. The van der Waals surface area contributed by atoms with Crippen molar-refractivity contribution >= 4 is 5.65 Å². The SMILES string of the molecule is CC(C)c1cc(C(C)C)c2nccn2n1. The monoisotopic (exact) mass is 203 g/mol. The Balaban J connectivity index is 2.69. The quantitative estimate of drug-likeness (QED) is 0.751. The van der Waals surface area contributed by atoms with Gasteiger partial charge in [0, 0.05) is 18.0 Å². The molecule has 0 aromatic carbocycles. The first-order valence-electron chi connectivity index (χ1n) is 5.43. The van der Waals surface area contributed by atoms with Crippen molar-refractivity contribution in [3.63, 3.8) is 0 Å². The van der Waals surface area contributed by atoms with Gasteiger partial charge in [-0.05, 0) is 17.9 Å². The molecule has 0 atom stereocenters. The lowest BCUT2D eigenvalue weighted by molar-refractivity contribution is 0.744. The smallest absolute Gasteiger partial charge is 0.156 e. The van der Waals surface area contributed by atoms with Crippen LogP contribution in [0.3, 0.4) is 0 Å². The van der Waals surface area contributed by atoms with Gasteiger partial charge in [-0.25, -0.2) is 9.50 Å². The van der Waals surface area contributed by atoms with Crippen LogP contribution in [-0.2, 0) is 0 Å². The Labute approximate surface area is 90.1 Å². The molecule has 0 spiro atoms. The van der Waals surface area contributed by atoms with Gasteiger partial charge in [-0.2, -0.15) is 5.10 Å². The molecule has 0 aliphatic heterocycles. The van der Waals surface area contributed by atoms with E-state index in [1.165, 1.54) is 5.56 Å². The van der Waals surface area contributed by atoms with E-state index in [9.17, 15) is 0 Å². The first kappa shape index (κ1) is 10.1. The molecule has 2 rings (SSSR count). The Hall–Kier alpha value is -1.38. The zero-order valence-electron chi connectivity index (χ0n) is 9.73. The lowest BCUT2D eigenvalue weighted by Crippen LogP contribution is -2.04. The molecule has 0 saturated carbocycles. The van der Waals surface area contributed by atoms with Gasteiger partial charge in [0.2, 0.25) is 0 Å². The summed E-state index contributed by atoms with van der Waals surface area (Å²) in [4.78, 5) is 4.34.